The van der Waals surface area contributed by atoms with Crippen molar-refractivity contribution in [3.63, 3.8) is 0 Å². The van der Waals surface area contributed by atoms with Crippen LogP contribution in [0.25, 0.3) is 11.1 Å². The number of aromatic amines is 1. The Morgan fingerprint density at radius 2 is 1.82 bits per heavy atom. The van der Waals surface area contributed by atoms with Gasteiger partial charge in [0.1, 0.15) is 16.7 Å². The molecule has 0 atom stereocenters. The smallest absolute Gasteiger partial charge is 0.251 e. The highest BCUT2D eigenvalue weighted by Crippen LogP contribution is 2.30. The fourth-order valence-corrected chi connectivity index (χ4v) is 3.19. The molecule has 4 N–H and O–H groups in total. The first-order valence-electron chi connectivity index (χ1n) is 9.74. The molecule has 2 aromatic carbocycles. The summed E-state index contributed by atoms with van der Waals surface area (Å²) in [4.78, 5) is 19.9. The van der Waals surface area contributed by atoms with Crippen LogP contribution in [-0.2, 0) is 0 Å². The molecule has 0 spiro atoms. The summed E-state index contributed by atoms with van der Waals surface area (Å²) in [7, 11) is 1.51. The Bertz CT molecular complexity index is 1330. The first-order valence-corrected chi connectivity index (χ1v) is 10.1. The van der Waals surface area contributed by atoms with E-state index in [0.717, 1.165) is 17.8 Å². The molecule has 33 heavy (non-hydrogen) atoms. The number of hydrogen-bond donors (Lipinski definition) is 4. The highest BCUT2D eigenvalue weighted by atomic mass is 35.5. The minimum absolute atomic E-state index is 0.00939. The van der Waals surface area contributed by atoms with Gasteiger partial charge in [-0.2, -0.15) is 10.1 Å². The minimum atomic E-state index is -0.710. The molecule has 0 aliphatic heterocycles. The van der Waals surface area contributed by atoms with Crippen molar-refractivity contribution in [3.8, 4) is 11.1 Å². The molecule has 0 saturated carbocycles. The monoisotopic (exact) mass is 469 g/mol. The highest BCUT2D eigenvalue weighted by molar-refractivity contribution is 6.32. The lowest BCUT2D eigenvalue weighted by atomic mass is 10.0. The maximum Gasteiger partial charge on any atom is 0.251 e. The number of nitrogens with one attached hydrogen (secondary N) is 4. The SMILES string of the molecule is CNC(=O)c1ccc(-c2cc(F)c(Nc3ncc(Cl)c(Nc4cc(C)[nH]n4)n3)cc2F)cc1. The fraction of sp³-hybridized carbons (Fsp3) is 0.0909. The molecule has 0 radical (unpaired) electrons. The van der Waals surface area contributed by atoms with Gasteiger partial charge in [0.2, 0.25) is 5.95 Å². The van der Waals surface area contributed by atoms with Crippen molar-refractivity contribution in [1.82, 2.24) is 25.5 Å². The lowest BCUT2D eigenvalue weighted by Gasteiger charge is -2.11. The lowest BCUT2D eigenvalue weighted by molar-refractivity contribution is 0.0963. The number of rotatable bonds is 6. The second kappa shape index (κ2) is 9.21. The number of aromatic nitrogens is 4. The van der Waals surface area contributed by atoms with Crippen molar-refractivity contribution in [2.75, 3.05) is 17.7 Å². The molecule has 0 bridgehead atoms. The molecule has 0 unspecified atom stereocenters. The largest absolute Gasteiger partial charge is 0.355 e. The number of carbonyl (C=O) groups is 1. The van der Waals surface area contributed by atoms with Gasteiger partial charge in [-0.1, -0.05) is 23.7 Å². The molecule has 2 heterocycles. The van der Waals surface area contributed by atoms with E-state index in [1.807, 2.05) is 6.92 Å². The van der Waals surface area contributed by atoms with E-state index < -0.39 is 11.6 Å². The van der Waals surface area contributed by atoms with Crippen molar-refractivity contribution in [3.05, 3.63) is 76.6 Å². The van der Waals surface area contributed by atoms with Gasteiger partial charge in [-0.15, -0.1) is 0 Å². The lowest BCUT2D eigenvalue weighted by Crippen LogP contribution is -2.17. The minimum Gasteiger partial charge on any atom is -0.355 e. The molecular formula is C22H18ClF2N7O. The standard InChI is InChI=1S/C22H18ClF2N7O/c1-11-7-19(32-31-11)29-20-15(23)10-27-22(30-20)28-18-9-16(24)14(8-17(18)25)12-3-5-13(6-4-12)21(33)26-2/h3-10H,1-2H3,(H,26,33)(H3,27,28,29,30,31,32). The van der Waals surface area contributed by atoms with E-state index in [1.165, 1.54) is 25.4 Å². The van der Waals surface area contributed by atoms with Crippen LogP contribution in [0.4, 0.5) is 32.1 Å². The van der Waals surface area contributed by atoms with Crippen LogP contribution >= 0.6 is 11.6 Å². The number of aryl methyl sites for hydroxylation is 1. The quantitative estimate of drug-likeness (QED) is 0.318. The number of halogens is 3. The summed E-state index contributed by atoms with van der Waals surface area (Å²) >= 11 is 6.13. The van der Waals surface area contributed by atoms with E-state index in [0.29, 0.717) is 16.9 Å². The van der Waals surface area contributed by atoms with Crippen LogP contribution in [0, 0.1) is 18.6 Å². The summed E-state index contributed by atoms with van der Waals surface area (Å²) in [6, 6.07) is 10.00. The van der Waals surface area contributed by atoms with Crippen LogP contribution in [0.15, 0.2) is 48.7 Å². The molecular weight excluding hydrogens is 452 g/mol. The van der Waals surface area contributed by atoms with Crippen molar-refractivity contribution in [2.45, 2.75) is 6.92 Å². The van der Waals surface area contributed by atoms with Gasteiger partial charge in [0.15, 0.2) is 11.6 Å². The molecule has 11 heteroatoms. The van der Waals surface area contributed by atoms with Gasteiger partial charge in [-0.05, 0) is 30.7 Å². The third-order valence-electron chi connectivity index (χ3n) is 4.68. The predicted octanol–water partition coefficient (Wildman–Crippen LogP) is 4.95. The van der Waals surface area contributed by atoms with E-state index >= 15 is 0 Å². The van der Waals surface area contributed by atoms with Gasteiger partial charge in [-0.25, -0.2) is 13.8 Å². The first kappa shape index (κ1) is 22.2. The number of hydrogen-bond acceptors (Lipinski definition) is 6. The second-order valence-corrected chi connectivity index (χ2v) is 7.45. The number of benzene rings is 2. The molecule has 4 rings (SSSR count). The maximum atomic E-state index is 14.8. The summed E-state index contributed by atoms with van der Waals surface area (Å²) in [6.45, 7) is 1.84. The van der Waals surface area contributed by atoms with E-state index in [2.05, 4.69) is 36.1 Å². The summed E-state index contributed by atoms with van der Waals surface area (Å²) < 4.78 is 29.6. The summed E-state index contributed by atoms with van der Waals surface area (Å²) in [5.41, 5.74) is 1.57. The highest BCUT2D eigenvalue weighted by Gasteiger charge is 2.15. The molecule has 168 valence electrons. The summed E-state index contributed by atoms with van der Waals surface area (Å²) in [5, 5.41) is 15.1. The molecule has 0 fully saturated rings. The Morgan fingerprint density at radius 3 is 2.48 bits per heavy atom. The van der Waals surface area contributed by atoms with Gasteiger partial charge in [0, 0.05) is 36.0 Å². The Balaban J connectivity index is 1.57. The number of carbonyl (C=O) groups excluding carboxylic acids is 1. The zero-order chi connectivity index (χ0) is 23.5. The zero-order valence-corrected chi connectivity index (χ0v) is 18.3. The molecule has 2 aromatic heterocycles. The van der Waals surface area contributed by atoms with Crippen molar-refractivity contribution in [2.24, 2.45) is 0 Å². The van der Waals surface area contributed by atoms with Crippen LogP contribution in [0.3, 0.4) is 0 Å². The first-order chi connectivity index (χ1) is 15.8. The van der Waals surface area contributed by atoms with E-state index in [4.69, 9.17) is 11.6 Å². The van der Waals surface area contributed by atoms with Gasteiger partial charge >= 0.3 is 0 Å². The van der Waals surface area contributed by atoms with Crippen LogP contribution < -0.4 is 16.0 Å². The molecule has 8 nitrogen and oxygen atoms in total. The van der Waals surface area contributed by atoms with Crippen molar-refractivity contribution < 1.29 is 13.6 Å². The second-order valence-electron chi connectivity index (χ2n) is 7.04. The van der Waals surface area contributed by atoms with Gasteiger partial charge < -0.3 is 16.0 Å². The van der Waals surface area contributed by atoms with E-state index in [-0.39, 0.29) is 33.9 Å². The predicted molar refractivity (Wildman–Crippen MR) is 122 cm³/mol. The maximum absolute atomic E-state index is 14.8. The van der Waals surface area contributed by atoms with Crippen molar-refractivity contribution in [1.29, 1.82) is 0 Å². The molecule has 0 aliphatic rings. The topological polar surface area (TPSA) is 108 Å². The van der Waals surface area contributed by atoms with Crippen molar-refractivity contribution >= 4 is 40.8 Å². The number of amides is 1. The number of nitrogens with zero attached hydrogens (tertiary/aromatic N) is 3. The summed E-state index contributed by atoms with van der Waals surface area (Å²) in [5.74, 6) is -0.900. The fourth-order valence-electron chi connectivity index (χ4n) is 3.05. The average Bonchev–Trinajstić information content (AvgIpc) is 3.22. The summed E-state index contributed by atoms with van der Waals surface area (Å²) in [6.07, 6.45) is 1.33. The third-order valence-corrected chi connectivity index (χ3v) is 4.96. The Kier molecular flexibility index (Phi) is 6.18. The molecule has 4 aromatic rings. The third kappa shape index (κ3) is 4.90. The van der Waals surface area contributed by atoms with E-state index in [9.17, 15) is 13.6 Å². The molecule has 0 aliphatic carbocycles. The van der Waals surface area contributed by atoms with Crippen LogP contribution in [0.1, 0.15) is 16.1 Å². The Morgan fingerprint density at radius 1 is 1.06 bits per heavy atom. The van der Waals surface area contributed by atoms with Gasteiger partial charge in [-0.3, -0.25) is 9.89 Å². The Labute approximate surface area is 192 Å². The number of H-pyrrole nitrogens is 1. The Hall–Kier alpha value is -4.05. The van der Waals surface area contributed by atoms with E-state index in [1.54, 1.807) is 18.2 Å². The normalized spacial score (nSPS) is 10.7. The average molecular weight is 470 g/mol. The van der Waals surface area contributed by atoms with Crippen LogP contribution in [0.5, 0.6) is 0 Å². The van der Waals surface area contributed by atoms with Crippen LogP contribution in [0.2, 0.25) is 5.02 Å². The zero-order valence-electron chi connectivity index (χ0n) is 17.5. The van der Waals surface area contributed by atoms with Gasteiger partial charge in [0.05, 0.1) is 11.9 Å². The van der Waals surface area contributed by atoms with Gasteiger partial charge in [0.25, 0.3) is 5.91 Å². The molecule has 1 amide bonds. The number of anilines is 4. The van der Waals surface area contributed by atoms with Crippen LogP contribution in [-0.4, -0.2) is 33.1 Å². The molecule has 0 saturated heterocycles.